The van der Waals surface area contributed by atoms with E-state index in [1.165, 1.54) is 36.4 Å². The van der Waals surface area contributed by atoms with Gasteiger partial charge in [-0.2, -0.15) is 0 Å². The van der Waals surface area contributed by atoms with Crippen molar-refractivity contribution >= 4 is 43.3 Å². The van der Waals surface area contributed by atoms with E-state index in [-0.39, 0.29) is 21.4 Å². The SMILES string of the molecule is Cc1cc(C)nc(NS(=O)(=O)c2ccc(NS(=O)(=O)c3ccc(C)c(Cl)c3)cc2)n1. The monoisotopic (exact) mass is 466 g/mol. The molecule has 1 aromatic heterocycles. The highest BCUT2D eigenvalue weighted by Gasteiger charge is 2.18. The van der Waals surface area contributed by atoms with Crippen LogP contribution in [0.1, 0.15) is 17.0 Å². The molecule has 30 heavy (non-hydrogen) atoms. The first kappa shape index (κ1) is 22.0. The zero-order chi connectivity index (χ0) is 22.1. The van der Waals surface area contributed by atoms with Crippen LogP contribution in [0.4, 0.5) is 11.6 Å². The highest BCUT2D eigenvalue weighted by molar-refractivity contribution is 7.93. The summed E-state index contributed by atoms with van der Waals surface area (Å²) in [5.74, 6) is -0.0338. The number of nitrogens with zero attached hydrogens (tertiary/aromatic N) is 2. The highest BCUT2D eigenvalue weighted by Crippen LogP contribution is 2.23. The number of sulfonamides is 2. The predicted molar refractivity (Wildman–Crippen MR) is 116 cm³/mol. The molecule has 0 saturated heterocycles. The first-order chi connectivity index (χ1) is 14.0. The van der Waals surface area contributed by atoms with Crippen molar-refractivity contribution in [2.24, 2.45) is 0 Å². The Labute approximate surface area is 180 Å². The average molecular weight is 467 g/mol. The number of hydrogen-bond acceptors (Lipinski definition) is 6. The summed E-state index contributed by atoms with van der Waals surface area (Å²) in [5.41, 5.74) is 2.21. The lowest BCUT2D eigenvalue weighted by molar-refractivity contribution is 0.599. The average Bonchev–Trinajstić information content (AvgIpc) is 2.62. The molecule has 8 nitrogen and oxygen atoms in total. The Balaban J connectivity index is 1.80. The van der Waals surface area contributed by atoms with Crippen molar-refractivity contribution in [3.63, 3.8) is 0 Å². The van der Waals surface area contributed by atoms with Gasteiger partial charge in [0.25, 0.3) is 20.0 Å². The summed E-state index contributed by atoms with van der Waals surface area (Å²) in [4.78, 5) is 8.05. The van der Waals surface area contributed by atoms with Gasteiger partial charge >= 0.3 is 0 Å². The highest BCUT2D eigenvalue weighted by atomic mass is 35.5. The van der Waals surface area contributed by atoms with E-state index in [9.17, 15) is 16.8 Å². The minimum absolute atomic E-state index is 0.00318. The number of aromatic nitrogens is 2. The minimum Gasteiger partial charge on any atom is -0.280 e. The maximum Gasteiger partial charge on any atom is 0.264 e. The van der Waals surface area contributed by atoms with E-state index >= 15 is 0 Å². The van der Waals surface area contributed by atoms with Gasteiger partial charge in [-0.15, -0.1) is 0 Å². The number of aryl methyl sites for hydroxylation is 3. The molecule has 0 atom stereocenters. The van der Waals surface area contributed by atoms with E-state index in [1.807, 2.05) is 0 Å². The van der Waals surface area contributed by atoms with E-state index in [0.29, 0.717) is 16.4 Å². The van der Waals surface area contributed by atoms with E-state index in [0.717, 1.165) is 5.56 Å². The summed E-state index contributed by atoms with van der Waals surface area (Å²) in [6.07, 6.45) is 0. The molecule has 2 aromatic carbocycles. The maximum atomic E-state index is 12.6. The van der Waals surface area contributed by atoms with Crippen molar-refractivity contribution in [1.82, 2.24) is 9.97 Å². The van der Waals surface area contributed by atoms with Crippen molar-refractivity contribution in [3.8, 4) is 0 Å². The van der Waals surface area contributed by atoms with Crippen LogP contribution in [-0.4, -0.2) is 26.8 Å². The fourth-order valence-corrected chi connectivity index (χ4v) is 4.88. The molecule has 158 valence electrons. The third-order valence-corrected chi connectivity index (χ3v) is 7.21. The Bertz CT molecular complexity index is 1290. The number of hydrogen-bond donors (Lipinski definition) is 2. The van der Waals surface area contributed by atoms with E-state index in [1.54, 1.807) is 32.9 Å². The molecule has 0 amide bonds. The first-order valence-electron chi connectivity index (χ1n) is 8.70. The fraction of sp³-hybridized carbons (Fsp3) is 0.158. The Morgan fingerprint density at radius 2 is 1.27 bits per heavy atom. The summed E-state index contributed by atoms with van der Waals surface area (Å²) < 4.78 is 54.9. The van der Waals surface area contributed by atoms with Gasteiger partial charge in [-0.1, -0.05) is 17.7 Å². The number of halogens is 1. The number of nitrogens with one attached hydrogen (secondary N) is 2. The van der Waals surface area contributed by atoms with E-state index < -0.39 is 20.0 Å². The fourth-order valence-electron chi connectivity index (χ4n) is 2.61. The van der Waals surface area contributed by atoms with Crippen molar-refractivity contribution in [2.75, 3.05) is 9.44 Å². The molecule has 0 aliphatic heterocycles. The normalized spacial score (nSPS) is 11.9. The lowest BCUT2D eigenvalue weighted by atomic mass is 10.2. The summed E-state index contributed by atoms with van der Waals surface area (Å²) in [6.45, 7) is 5.23. The van der Waals surface area contributed by atoms with Gasteiger partial charge < -0.3 is 0 Å². The summed E-state index contributed by atoms with van der Waals surface area (Å²) in [5, 5.41) is 0.332. The van der Waals surface area contributed by atoms with Crippen molar-refractivity contribution in [3.05, 3.63) is 70.5 Å². The summed E-state index contributed by atoms with van der Waals surface area (Å²) in [7, 11) is -7.82. The lowest BCUT2D eigenvalue weighted by Crippen LogP contribution is -2.16. The van der Waals surface area contributed by atoms with Crippen LogP contribution in [0.3, 0.4) is 0 Å². The van der Waals surface area contributed by atoms with Gasteiger partial charge in [0.2, 0.25) is 5.95 Å². The van der Waals surface area contributed by atoms with Crippen LogP contribution in [0.2, 0.25) is 5.02 Å². The third kappa shape index (κ3) is 5.07. The molecule has 0 unspecified atom stereocenters. The number of anilines is 2. The van der Waals surface area contributed by atoms with Crippen molar-refractivity contribution in [1.29, 1.82) is 0 Å². The molecule has 0 bridgehead atoms. The molecule has 3 rings (SSSR count). The smallest absolute Gasteiger partial charge is 0.264 e. The molecule has 11 heteroatoms. The predicted octanol–water partition coefficient (Wildman–Crippen LogP) is 3.66. The zero-order valence-electron chi connectivity index (χ0n) is 16.3. The molecular weight excluding hydrogens is 448 g/mol. The number of benzene rings is 2. The molecule has 0 spiro atoms. The van der Waals surface area contributed by atoms with Gasteiger partial charge in [0.05, 0.1) is 9.79 Å². The Morgan fingerprint density at radius 3 is 1.83 bits per heavy atom. The lowest BCUT2D eigenvalue weighted by Gasteiger charge is -2.11. The van der Waals surface area contributed by atoms with Crippen LogP contribution in [-0.2, 0) is 20.0 Å². The zero-order valence-corrected chi connectivity index (χ0v) is 18.7. The molecule has 2 N–H and O–H groups in total. The molecule has 0 fully saturated rings. The molecule has 0 saturated carbocycles. The molecule has 3 aromatic rings. The van der Waals surface area contributed by atoms with Crippen LogP contribution in [0.25, 0.3) is 0 Å². The van der Waals surface area contributed by atoms with Crippen LogP contribution < -0.4 is 9.44 Å². The minimum atomic E-state index is -3.94. The standard InChI is InChI=1S/C19H19ClN4O4S2/c1-12-4-7-17(11-18(12)20)30(27,28)23-15-5-8-16(9-6-15)29(25,26)24-19-21-13(2)10-14(3)22-19/h4-11,23H,1-3H3,(H,21,22,24). The summed E-state index contributed by atoms with van der Waals surface area (Å²) >= 11 is 6.00. The largest absolute Gasteiger partial charge is 0.280 e. The van der Waals surface area contributed by atoms with Gasteiger partial charge in [-0.25, -0.2) is 31.5 Å². The van der Waals surface area contributed by atoms with E-state index in [2.05, 4.69) is 19.4 Å². The molecule has 1 heterocycles. The van der Waals surface area contributed by atoms with Crippen LogP contribution >= 0.6 is 11.6 Å². The second kappa shape index (κ2) is 8.21. The van der Waals surface area contributed by atoms with Crippen LogP contribution in [0, 0.1) is 20.8 Å². The maximum absolute atomic E-state index is 12.6. The van der Waals surface area contributed by atoms with Crippen molar-refractivity contribution < 1.29 is 16.8 Å². The second-order valence-electron chi connectivity index (χ2n) is 6.62. The van der Waals surface area contributed by atoms with Crippen LogP contribution in [0.15, 0.2) is 58.3 Å². The Kier molecular flexibility index (Phi) is 6.02. The molecule has 0 aliphatic rings. The quantitative estimate of drug-likeness (QED) is 0.572. The van der Waals surface area contributed by atoms with Gasteiger partial charge in [-0.3, -0.25) is 4.72 Å². The molecular formula is C19H19ClN4O4S2. The van der Waals surface area contributed by atoms with Gasteiger partial charge in [-0.05, 0) is 68.8 Å². The van der Waals surface area contributed by atoms with Crippen LogP contribution in [0.5, 0.6) is 0 Å². The van der Waals surface area contributed by atoms with E-state index in [4.69, 9.17) is 11.6 Å². The topological polar surface area (TPSA) is 118 Å². The summed E-state index contributed by atoms with van der Waals surface area (Å²) in [6, 6.07) is 11.4. The van der Waals surface area contributed by atoms with Gasteiger partial charge in [0.1, 0.15) is 0 Å². The third-order valence-electron chi connectivity index (χ3n) is 4.08. The first-order valence-corrected chi connectivity index (χ1v) is 12.0. The molecule has 0 radical (unpaired) electrons. The Morgan fingerprint density at radius 1 is 0.733 bits per heavy atom. The second-order valence-corrected chi connectivity index (χ2v) is 10.4. The van der Waals surface area contributed by atoms with Crippen molar-refractivity contribution in [2.45, 2.75) is 30.6 Å². The Hall–Kier alpha value is -2.69. The number of rotatable bonds is 6. The molecule has 0 aliphatic carbocycles. The van der Waals surface area contributed by atoms with Gasteiger partial charge in [0, 0.05) is 22.1 Å². The van der Waals surface area contributed by atoms with Gasteiger partial charge in [0.15, 0.2) is 0 Å².